The van der Waals surface area contributed by atoms with Crippen molar-refractivity contribution in [3.8, 4) is 0 Å². The van der Waals surface area contributed by atoms with Crippen LogP contribution in [0.4, 0.5) is 0 Å². The lowest BCUT2D eigenvalue weighted by Gasteiger charge is -2.26. The minimum Gasteiger partial charge on any atom is -0.338 e. The number of fused-ring (bicyclic) bond motifs is 1. The number of aryl methyl sites for hydroxylation is 3. The van der Waals surface area contributed by atoms with E-state index < -0.39 is 0 Å². The summed E-state index contributed by atoms with van der Waals surface area (Å²) in [6, 6.07) is 7.29. The minimum absolute atomic E-state index is 0.0392. The van der Waals surface area contributed by atoms with Crippen LogP contribution in [-0.2, 0) is 26.3 Å². The lowest BCUT2D eigenvalue weighted by atomic mass is 9.80. The van der Waals surface area contributed by atoms with Crippen LogP contribution >= 0.6 is 0 Å². The van der Waals surface area contributed by atoms with Gasteiger partial charge in [-0.2, -0.15) is 0 Å². The molecular formula is C22H31N3. The van der Waals surface area contributed by atoms with E-state index in [1.165, 1.54) is 43.4 Å². The Bertz CT molecular complexity index is 743. The predicted octanol–water partition coefficient (Wildman–Crippen LogP) is 4.14. The molecule has 0 saturated heterocycles. The summed E-state index contributed by atoms with van der Waals surface area (Å²) in [5.74, 6) is 1.48. The third kappa shape index (κ3) is 3.67. The van der Waals surface area contributed by atoms with Crippen LogP contribution in [0.25, 0.3) is 0 Å². The van der Waals surface area contributed by atoms with Crippen LogP contribution in [0, 0.1) is 5.92 Å². The van der Waals surface area contributed by atoms with Crippen molar-refractivity contribution in [2.75, 3.05) is 0 Å². The average molecular weight is 338 g/mol. The number of benzene rings is 1. The maximum atomic E-state index is 6.34. The lowest BCUT2D eigenvalue weighted by Crippen LogP contribution is -2.32. The molecule has 4 rings (SSSR count). The third-order valence-electron chi connectivity index (χ3n) is 6.53. The largest absolute Gasteiger partial charge is 0.338 e. The van der Waals surface area contributed by atoms with Crippen molar-refractivity contribution < 1.29 is 0 Å². The van der Waals surface area contributed by atoms with Gasteiger partial charge in [-0.15, -0.1) is 0 Å². The highest BCUT2D eigenvalue weighted by Crippen LogP contribution is 2.40. The van der Waals surface area contributed by atoms with Gasteiger partial charge in [0.2, 0.25) is 0 Å². The van der Waals surface area contributed by atoms with Crippen LogP contribution < -0.4 is 5.73 Å². The molecular weight excluding hydrogens is 306 g/mol. The second-order valence-corrected chi connectivity index (χ2v) is 8.77. The molecule has 3 heteroatoms. The van der Waals surface area contributed by atoms with E-state index in [2.05, 4.69) is 41.7 Å². The SMILES string of the molecule is Cn1cncc1CCC1CCc2cc([C@H]3CC[C@@](C)(N)C3)ccc2C1. The summed E-state index contributed by atoms with van der Waals surface area (Å²) in [6.45, 7) is 2.21. The van der Waals surface area contributed by atoms with Gasteiger partial charge in [-0.05, 0) is 86.8 Å². The molecule has 0 spiro atoms. The van der Waals surface area contributed by atoms with Crippen molar-refractivity contribution in [3.63, 3.8) is 0 Å². The average Bonchev–Trinajstić information content (AvgIpc) is 3.17. The summed E-state index contributed by atoms with van der Waals surface area (Å²) < 4.78 is 2.15. The smallest absolute Gasteiger partial charge is 0.0945 e. The summed E-state index contributed by atoms with van der Waals surface area (Å²) in [7, 11) is 2.09. The van der Waals surface area contributed by atoms with Gasteiger partial charge in [-0.1, -0.05) is 18.2 Å². The monoisotopic (exact) mass is 337 g/mol. The van der Waals surface area contributed by atoms with Gasteiger partial charge in [0.05, 0.1) is 6.33 Å². The summed E-state index contributed by atoms with van der Waals surface area (Å²) >= 11 is 0. The number of nitrogens with zero attached hydrogens (tertiary/aromatic N) is 2. The fourth-order valence-electron chi connectivity index (χ4n) is 4.88. The van der Waals surface area contributed by atoms with Crippen LogP contribution in [0.1, 0.15) is 67.3 Å². The standard InChI is InChI=1S/C22H31N3/c1-22(23)10-9-20(13-22)19-7-6-17-11-16(3-5-18(17)12-19)4-8-21-14-24-15-25(21)2/h6-7,12,14-16,20H,3-5,8-11,13,23H2,1-2H3/t16?,20-,22+/m0/s1. The Balaban J connectivity index is 1.40. The van der Waals surface area contributed by atoms with Gasteiger partial charge in [0, 0.05) is 24.5 Å². The molecule has 25 heavy (non-hydrogen) atoms. The Labute approximate surface area is 151 Å². The zero-order valence-electron chi connectivity index (χ0n) is 15.7. The van der Waals surface area contributed by atoms with E-state index in [9.17, 15) is 0 Å². The Morgan fingerprint density at radius 3 is 2.88 bits per heavy atom. The number of imidazole rings is 1. The van der Waals surface area contributed by atoms with Crippen molar-refractivity contribution in [2.24, 2.45) is 18.7 Å². The molecule has 1 saturated carbocycles. The molecule has 1 aromatic heterocycles. The number of nitrogens with two attached hydrogens (primary N) is 1. The second-order valence-electron chi connectivity index (χ2n) is 8.77. The molecule has 1 unspecified atom stereocenters. The van der Waals surface area contributed by atoms with Crippen LogP contribution in [-0.4, -0.2) is 15.1 Å². The summed E-state index contributed by atoms with van der Waals surface area (Å²) in [4.78, 5) is 4.23. The maximum absolute atomic E-state index is 6.34. The van der Waals surface area contributed by atoms with Crippen LogP contribution in [0.5, 0.6) is 0 Å². The second kappa shape index (κ2) is 6.60. The van der Waals surface area contributed by atoms with Crippen molar-refractivity contribution in [1.82, 2.24) is 9.55 Å². The Morgan fingerprint density at radius 2 is 2.16 bits per heavy atom. The molecule has 0 radical (unpaired) electrons. The molecule has 1 fully saturated rings. The molecule has 134 valence electrons. The first-order valence-electron chi connectivity index (χ1n) is 9.86. The summed E-state index contributed by atoms with van der Waals surface area (Å²) in [5.41, 5.74) is 12.4. The molecule has 1 heterocycles. The molecule has 3 nitrogen and oxygen atoms in total. The van der Waals surface area contributed by atoms with E-state index in [1.54, 1.807) is 11.1 Å². The molecule has 1 aromatic carbocycles. The highest BCUT2D eigenvalue weighted by Gasteiger charge is 2.32. The topological polar surface area (TPSA) is 43.8 Å². The van der Waals surface area contributed by atoms with Gasteiger partial charge in [0.25, 0.3) is 0 Å². The van der Waals surface area contributed by atoms with E-state index in [0.717, 1.165) is 25.2 Å². The minimum atomic E-state index is 0.0392. The molecule has 2 aromatic rings. The molecule has 0 bridgehead atoms. The highest BCUT2D eigenvalue weighted by atomic mass is 15.0. The van der Waals surface area contributed by atoms with Crippen molar-refractivity contribution in [3.05, 3.63) is 53.1 Å². The van der Waals surface area contributed by atoms with E-state index in [0.29, 0.717) is 5.92 Å². The van der Waals surface area contributed by atoms with Crippen LogP contribution in [0.3, 0.4) is 0 Å². The van der Waals surface area contributed by atoms with Crippen molar-refractivity contribution in [1.29, 1.82) is 0 Å². The van der Waals surface area contributed by atoms with Crippen LogP contribution in [0.2, 0.25) is 0 Å². The van der Waals surface area contributed by atoms with E-state index in [-0.39, 0.29) is 5.54 Å². The molecule has 2 N–H and O–H groups in total. The first-order chi connectivity index (χ1) is 12.0. The summed E-state index contributed by atoms with van der Waals surface area (Å²) in [6.07, 6.45) is 13.7. The third-order valence-corrected chi connectivity index (χ3v) is 6.53. The fraction of sp³-hybridized carbons (Fsp3) is 0.591. The van der Waals surface area contributed by atoms with E-state index in [4.69, 9.17) is 5.73 Å². The number of aromatic nitrogens is 2. The normalized spacial score (nSPS) is 28.9. The first-order valence-corrected chi connectivity index (χ1v) is 9.86. The van der Waals surface area contributed by atoms with Gasteiger partial charge in [0.15, 0.2) is 0 Å². The predicted molar refractivity (Wildman–Crippen MR) is 103 cm³/mol. The Morgan fingerprint density at radius 1 is 1.28 bits per heavy atom. The van der Waals surface area contributed by atoms with Gasteiger partial charge in [0.1, 0.15) is 0 Å². The fourth-order valence-corrected chi connectivity index (χ4v) is 4.88. The van der Waals surface area contributed by atoms with E-state index >= 15 is 0 Å². The number of rotatable bonds is 4. The van der Waals surface area contributed by atoms with Gasteiger partial charge < -0.3 is 10.3 Å². The molecule has 3 atom stereocenters. The van der Waals surface area contributed by atoms with E-state index in [1.807, 2.05) is 12.5 Å². The maximum Gasteiger partial charge on any atom is 0.0945 e. The Hall–Kier alpha value is -1.61. The van der Waals surface area contributed by atoms with Gasteiger partial charge in [-0.25, -0.2) is 4.98 Å². The van der Waals surface area contributed by atoms with Gasteiger partial charge in [-0.3, -0.25) is 0 Å². The quantitative estimate of drug-likeness (QED) is 0.911. The summed E-state index contributed by atoms with van der Waals surface area (Å²) in [5, 5.41) is 0. The molecule has 0 aliphatic heterocycles. The van der Waals surface area contributed by atoms with Crippen molar-refractivity contribution >= 4 is 0 Å². The zero-order chi connectivity index (χ0) is 17.4. The van der Waals surface area contributed by atoms with Crippen molar-refractivity contribution in [2.45, 2.75) is 69.7 Å². The highest BCUT2D eigenvalue weighted by molar-refractivity contribution is 5.36. The van der Waals surface area contributed by atoms with Crippen LogP contribution in [0.15, 0.2) is 30.7 Å². The Kier molecular flexibility index (Phi) is 4.45. The molecule has 0 amide bonds. The zero-order valence-corrected chi connectivity index (χ0v) is 15.7. The number of hydrogen-bond donors (Lipinski definition) is 1. The molecule has 2 aliphatic rings. The van der Waals surface area contributed by atoms with Gasteiger partial charge >= 0.3 is 0 Å². The lowest BCUT2D eigenvalue weighted by molar-refractivity contribution is 0.423. The number of hydrogen-bond acceptors (Lipinski definition) is 2. The molecule has 2 aliphatic carbocycles. The first kappa shape index (κ1) is 16.8.